The Morgan fingerprint density at radius 2 is 1.83 bits per heavy atom. The van der Waals surface area contributed by atoms with Crippen LogP contribution in [0.15, 0.2) is 67.0 Å². The highest BCUT2D eigenvalue weighted by molar-refractivity contribution is 6.39. The molecule has 9 nitrogen and oxygen atoms in total. The predicted molar refractivity (Wildman–Crippen MR) is 183 cm³/mol. The van der Waals surface area contributed by atoms with Gasteiger partial charge in [-0.2, -0.15) is 0 Å². The maximum atomic E-state index is 11.5. The fourth-order valence-corrected chi connectivity index (χ4v) is 6.64. The van der Waals surface area contributed by atoms with E-state index < -0.39 is 0 Å². The van der Waals surface area contributed by atoms with Crippen LogP contribution in [0.3, 0.4) is 0 Å². The van der Waals surface area contributed by atoms with Gasteiger partial charge in [-0.1, -0.05) is 59.6 Å². The number of nitrogens with zero attached hydrogens (tertiary/aromatic N) is 3. The lowest BCUT2D eigenvalue weighted by Gasteiger charge is -2.15. The van der Waals surface area contributed by atoms with Crippen LogP contribution < -0.4 is 20.7 Å². The molecule has 1 fully saturated rings. The van der Waals surface area contributed by atoms with Gasteiger partial charge in [0.25, 0.3) is 0 Å². The molecule has 0 radical (unpaired) electrons. The van der Waals surface area contributed by atoms with Crippen molar-refractivity contribution in [2.45, 2.75) is 32.0 Å². The first-order valence-electron chi connectivity index (χ1n) is 15.3. The molecule has 4 heterocycles. The molecular formula is C35H36Cl2N6O3. The highest BCUT2D eigenvalue weighted by Crippen LogP contribution is 2.42. The summed E-state index contributed by atoms with van der Waals surface area (Å²) in [6.07, 6.45) is 5.26. The molecule has 0 spiro atoms. The van der Waals surface area contributed by atoms with Crippen molar-refractivity contribution in [1.29, 1.82) is 0 Å². The van der Waals surface area contributed by atoms with E-state index in [9.17, 15) is 4.79 Å². The summed E-state index contributed by atoms with van der Waals surface area (Å²) in [5, 5.41) is 20.9. The second kappa shape index (κ2) is 14.2. The van der Waals surface area contributed by atoms with E-state index >= 15 is 0 Å². The Bertz CT molecular complexity index is 1890. The molecule has 2 aromatic carbocycles. The van der Waals surface area contributed by atoms with E-state index in [4.69, 9.17) is 38.0 Å². The van der Waals surface area contributed by atoms with Crippen LogP contribution in [0.1, 0.15) is 24.0 Å². The number of halogens is 2. The maximum absolute atomic E-state index is 11.5. The Balaban J connectivity index is 1.27. The molecule has 1 saturated heterocycles. The average molecular weight is 660 g/mol. The van der Waals surface area contributed by atoms with Gasteiger partial charge in [0.15, 0.2) is 0 Å². The van der Waals surface area contributed by atoms with Gasteiger partial charge in [0.1, 0.15) is 0 Å². The summed E-state index contributed by atoms with van der Waals surface area (Å²) in [5.41, 5.74) is 7.67. The van der Waals surface area contributed by atoms with Gasteiger partial charge in [-0.3, -0.25) is 9.78 Å². The molecular weight excluding hydrogens is 623 g/mol. The molecule has 0 saturated carbocycles. The molecule has 1 atom stereocenters. The molecule has 1 aliphatic rings. The number of fused-ring (bicyclic) bond motifs is 1. The first-order chi connectivity index (χ1) is 22.4. The Morgan fingerprint density at radius 3 is 2.61 bits per heavy atom. The van der Waals surface area contributed by atoms with Crippen LogP contribution in [0.2, 0.25) is 10.0 Å². The zero-order chi connectivity index (χ0) is 32.2. The van der Waals surface area contributed by atoms with E-state index in [1.54, 1.807) is 13.3 Å². The number of carbonyl (C=O) groups excluding carboxylic acids is 1. The molecule has 46 heavy (non-hydrogen) atoms. The molecule has 0 unspecified atom stereocenters. The number of amides is 1. The number of aliphatic hydroxyl groups is 1. The van der Waals surface area contributed by atoms with E-state index in [1.165, 1.54) is 0 Å². The smallest absolute Gasteiger partial charge is 0.220 e. The maximum Gasteiger partial charge on any atom is 0.220 e. The average Bonchev–Trinajstić information content (AvgIpc) is 3.63. The number of aromatic nitrogens is 3. The summed E-state index contributed by atoms with van der Waals surface area (Å²) in [5.74, 6) is 0.611. The molecule has 5 aromatic rings. The molecule has 238 valence electrons. The molecule has 0 aliphatic carbocycles. The van der Waals surface area contributed by atoms with Crippen molar-refractivity contribution in [3.8, 4) is 39.5 Å². The summed E-state index contributed by atoms with van der Waals surface area (Å²) in [6.45, 7) is 2.55. The zero-order valence-electron chi connectivity index (χ0n) is 25.7. The Kier molecular flexibility index (Phi) is 9.86. The lowest BCUT2D eigenvalue weighted by atomic mass is 9.99. The van der Waals surface area contributed by atoms with Gasteiger partial charge in [0, 0.05) is 96.8 Å². The van der Waals surface area contributed by atoms with Crippen molar-refractivity contribution in [1.82, 2.24) is 30.5 Å². The van der Waals surface area contributed by atoms with E-state index in [1.807, 2.05) is 49.5 Å². The topological polar surface area (TPSA) is 113 Å². The van der Waals surface area contributed by atoms with Crippen molar-refractivity contribution in [2.24, 2.45) is 7.05 Å². The number of ether oxygens (including phenoxy) is 1. The van der Waals surface area contributed by atoms with E-state index in [0.717, 1.165) is 50.7 Å². The fourth-order valence-electron chi connectivity index (χ4n) is 5.99. The molecule has 1 amide bonds. The minimum Gasteiger partial charge on any atom is -0.481 e. The second-order valence-electron chi connectivity index (χ2n) is 11.4. The predicted octanol–water partition coefficient (Wildman–Crippen LogP) is 5.73. The monoisotopic (exact) mass is 658 g/mol. The van der Waals surface area contributed by atoms with Gasteiger partial charge >= 0.3 is 0 Å². The lowest BCUT2D eigenvalue weighted by Crippen LogP contribution is -2.35. The molecule has 3 aromatic heterocycles. The Labute approximate surface area is 277 Å². The van der Waals surface area contributed by atoms with Crippen molar-refractivity contribution in [3.63, 3.8) is 0 Å². The van der Waals surface area contributed by atoms with Crippen LogP contribution in [0.5, 0.6) is 5.88 Å². The number of pyridine rings is 2. The third kappa shape index (κ3) is 6.61. The fraction of sp³-hybridized carbons (Fsp3) is 0.286. The van der Waals surface area contributed by atoms with E-state index in [-0.39, 0.29) is 18.6 Å². The minimum atomic E-state index is 0.0984. The van der Waals surface area contributed by atoms with Crippen molar-refractivity contribution >= 4 is 40.0 Å². The summed E-state index contributed by atoms with van der Waals surface area (Å²) >= 11 is 14.1. The van der Waals surface area contributed by atoms with Gasteiger partial charge in [-0.05, 0) is 30.2 Å². The molecule has 11 heteroatoms. The zero-order valence-corrected chi connectivity index (χ0v) is 27.3. The quantitative estimate of drug-likeness (QED) is 0.127. The number of nitrogens with one attached hydrogen (secondary N) is 3. The normalized spacial score (nSPS) is 14.6. The SMILES string of the molecule is COc1nc(-c2cccc(-c3ccnc(-c4ccc5c(CNCCO)cn(C)c5c4)c3Cl)c2Cl)ccc1CNC[C@H]1CCC(=O)N1. The summed E-state index contributed by atoms with van der Waals surface area (Å²) in [6, 6.07) is 18.0. The number of aliphatic hydroxyl groups excluding tert-OH is 1. The molecule has 4 N–H and O–H groups in total. The number of rotatable bonds is 12. The van der Waals surface area contributed by atoms with E-state index in [0.29, 0.717) is 59.9 Å². The van der Waals surface area contributed by atoms with Gasteiger partial charge < -0.3 is 30.4 Å². The first kappa shape index (κ1) is 32.0. The van der Waals surface area contributed by atoms with Gasteiger partial charge in [0.05, 0.1) is 35.1 Å². The van der Waals surface area contributed by atoms with E-state index in [2.05, 4.69) is 43.8 Å². The van der Waals surface area contributed by atoms with Crippen LogP contribution in [-0.2, 0) is 24.9 Å². The van der Waals surface area contributed by atoms with Gasteiger partial charge in [-0.15, -0.1) is 0 Å². The highest BCUT2D eigenvalue weighted by atomic mass is 35.5. The number of hydrogen-bond acceptors (Lipinski definition) is 7. The van der Waals surface area contributed by atoms with Crippen LogP contribution in [-0.4, -0.2) is 58.4 Å². The summed E-state index contributed by atoms with van der Waals surface area (Å²) in [4.78, 5) is 20.9. The highest BCUT2D eigenvalue weighted by Gasteiger charge is 2.21. The molecule has 6 rings (SSSR count). The van der Waals surface area contributed by atoms with Crippen molar-refractivity contribution in [2.75, 3.05) is 26.8 Å². The summed E-state index contributed by atoms with van der Waals surface area (Å²) < 4.78 is 7.73. The number of aryl methyl sites for hydroxylation is 1. The molecule has 0 bridgehead atoms. The Hall–Kier alpha value is -3.99. The number of benzene rings is 2. The van der Waals surface area contributed by atoms with Crippen molar-refractivity contribution < 1.29 is 14.6 Å². The van der Waals surface area contributed by atoms with Gasteiger partial charge in [0.2, 0.25) is 11.8 Å². The number of carbonyl (C=O) groups is 1. The standard InChI is InChI=1S/C35H36Cl2N6O3/c1-43-20-23(18-38-14-15-44)25-9-6-21(16-30(25)43)34-33(37)27(12-13-40-34)26-4-3-5-28(32(26)36)29-10-7-22(35(42-29)46-2)17-39-19-24-8-11-31(45)41-24/h3-7,9-10,12-13,16,20,24,38-39,44H,8,11,14-15,17-19H2,1-2H3,(H,41,45)/t24-/m1/s1. The van der Waals surface area contributed by atoms with Crippen LogP contribution >= 0.6 is 23.2 Å². The van der Waals surface area contributed by atoms with Crippen molar-refractivity contribution in [3.05, 3.63) is 88.2 Å². The third-order valence-electron chi connectivity index (χ3n) is 8.33. The third-order valence-corrected chi connectivity index (χ3v) is 9.12. The van der Waals surface area contributed by atoms with Crippen LogP contribution in [0.4, 0.5) is 0 Å². The summed E-state index contributed by atoms with van der Waals surface area (Å²) in [7, 11) is 3.62. The minimum absolute atomic E-state index is 0.0984. The lowest BCUT2D eigenvalue weighted by molar-refractivity contribution is -0.119. The van der Waals surface area contributed by atoms with Crippen LogP contribution in [0, 0.1) is 0 Å². The Morgan fingerprint density at radius 1 is 1.02 bits per heavy atom. The second-order valence-corrected chi connectivity index (χ2v) is 12.1. The largest absolute Gasteiger partial charge is 0.481 e. The van der Waals surface area contributed by atoms with Gasteiger partial charge in [-0.25, -0.2) is 4.98 Å². The van der Waals surface area contributed by atoms with Crippen LogP contribution in [0.25, 0.3) is 44.5 Å². The number of hydrogen-bond donors (Lipinski definition) is 4. The first-order valence-corrected chi connectivity index (χ1v) is 16.0. The number of methoxy groups -OCH3 is 1. The molecule has 1 aliphatic heterocycles.